The molecule has 1 fully saturated rings. The molecule has 0 saturated heterocycles. The molecule has 160 valence electrons. The van der Waals surface area contributed by atoms with E-state index in [-0.39, 0.29) is 18.0 Å². The van der Waals surface area contributed by atoms with Gasteiger partial charge in [-0.05, 0) is 55.0 Å². The molecule has 0 bridgehead atoms. The van der Waals surface area contributed by atoms with E-state index in [1.165, 1.54) is 4.68 Å². The van der Waals surface area contributed by atoms with Crippen molar-refractivity contribution >= 4 is 33.0 Å². The van der Waals surface area contributed by atoms with Gasteiger partial charge in [0.1, 0.15) is 28.5 Å². The molecule has 3 aromatic heterocycles. The highest BCUT2D eigenvalue weighted by Crippen LogP contribution is 2.39. The van der Waals surface area contributed by atoms with Gasteiger partial charge in [0, 0.05) is 5.39 Å². The third-order valence-electron chi connectivity index (χ3n) is 6.20. The van der Waals surface area contributed by atoms with Crippen molar-refractivity contribution in [1.82, 2.24) is 19.5 Å². The molecule has 4 aromatic rings. The lowest BCUT2D eigenvalue weighted by Gasteiger charge is -2.31. The largest absolute Gasteiger partial charge is 0.497 e. The van der Waals surface area contributed by atoms with Gasteiger partial charge in [-0.1, -0.05) is 25.0 Å². The summed E-state index contributed by atoms with van der Waals surface area (Å²) in [6, 6.07) is 11.7. The first kappa shape index (κ1) is 19.8. The van der Waals surface area contributed by atoms with Gasteiger partial charge >= 0.3 is 0 Å². The molecule has 1 saturated carbocycles. The summed E-state index contributed by atoms with van der Waals surface area (Å²) in [6.45, 7) is 1.75. The van der Waals surface area contributed by atoms with Crippen LogP contribution in [0.1, 0.15) is 37.1 Å². The van der Waals surface area contributed by atoms with Crippen molar-refractivity contribution in [2.75, 3.05) is 7.11 Å². The van der Waals surface area contributed by atoms with Crippen molar-refractivity contribution < 1.29 is 9.53 Å². The molecule has 0 spiro atoms. The first-order chi connectivity index (χ1) is 15.0. The van der Waals surface area contributed by atoms with Crippen molar-refractivity contribution in [3.63, 3.8) is 0 Å². The number of thiophene rings is 1. The average Bonchev–Trinajstić information content (AvgIpc) is 3.48. The number of aryl methyl sites for hydroxylation is 1. The number of nitrogens with one attached hydrogen (secondary N) is 1. The number of amides is 1. The summed E-state index contributed by atoms with van der Waals surface area (Å²) in [4.78, 5) is 27.1. The fourth-order valence-corrected chi connectivity index (χ4v) is 5.68. The van der Waals surface area contributed by atoms with E-state index in [1.54, 1.807) is 18.4 Å². The molecule has 1 amide bonds. The van der Waals surface area contributed by atoms with E-state index in [0.717, 1.165) is 47.2 Å². The van der Waals surface area contributed by atoms with Gasteiger partial charge in [-0.15, -0.1) is 11.3 Å². The van der Waals surface area contributed by atoms with Gasteiger partial charge in [-0.2, -0.15) is 5.10 Å². The molecule has 1 aliphatic carbocycles. The number of benzene rings is 1. The lowest BCUT2D eigenvalue weighted by atomic mass is 9.88. The highest BCUT2D eigenvalue weighted by Gasteiger charge is 2.37. The van der Waals surface area contributed by atoms with Crippen LogP contribution in [0.4, 0.5) is 0 Å². The fraction of sp³-hybridized carbons (Fsp3) is 0.348. The zero-order valence-corrected chi connectivity index (χ0v) is 18.4. The summed E-state index contributed by atoms with van der Waals surface area (Å²) in [5, 5.41) is 10.7. The number of methoxy groups -OCH3 is 1. The maximum Gasteiger partial charge on any atom is 0.291 e. The highest BCUT2D eigenvalue weighted by molar-refractivity contribution is 7.16. The molecule has 8 heteroatoms. The van der Waals surface area contributed by atoms with Crippen LogP contribution < -0.4 is 15.6 Å². The van der Waals surface area contributed by atoms with Gasteiger partial charge in [0.15, 0.2) is 0 Å². The number of aromatic nitrogens is 3. The molecule has 5 rings (SSSR count). The van der Waals surface area contributed by atoms with Crippen LogP contribution >= 0.6 is 11.3 Å². The van der Waals surface area contributed by atoms with Crippen molar-refractivity contribution in [3.05, 3.63) is 63.5 Å². The number of carbonyl (C=O) groups excluding carboxylic acids is 1. The Morgan fingerprint density at radius 3 is 2.84 bits per heavy atom. The molecule has 3 heterocycles. The summed E-state index contributed by atoms with van der Waals surface area (Å²) < 4.78 is 8.52. The number of hydrogen-bond donors (Lipinski definition) is 1. The lowest BCUT2D eigenvalue weighted by molar-refractivity contribution is -0.124. The minimum absolute atomic E-state index is 0.110. The molecule has 1 N–H and O–H groups in total. The lowest BCUT2D eigenvalue weighted by Crippen LogP contribution is -2.46. The molecular formula is C23H24N4O3S. The molecule has 0 radical (unpaired) electrons. The second kappa shape index (κ2) is 7.53. The Bertz CT molecular complexity index is 1340. The number of hydrogen-bond acceptors (Lipinski definition) is 5. The van der Waals surface area contributed by atoms with Gasteiger partial charge in [0.25, 0.3) is 5.56 Å². The smallest absolute Gasteiger partial charge is 0.291 e. The average molecular weight is 437 g/mol. The third-order valence-corrected chi connectivity index (χ3v) is 7.12. The van der Waals surface area contributed by atoms with Crippen LogP contribution in [-0.4, -0.2) is 27.2 Å². The van der Waals surface area contributed by atoms with E-state index < -0.39 is 5.54 Å². The van der Waals surface area contributed by atoms with E-state index in [4.69, 9.17) is 4.74 Å². The van der Waals surface area contributed by atoms with Gasteiger partial charge < -0.3 is 10.1 Å². The SMILES string of the molecule is COc1cccc(C2(NC(=O)Cn3nc(C)n4c(cc5ccsc54)c3=O)CCCC2)c1. The molecule has 0 atom stereocenters. The second-order valence-corrected chi connectivity index (χ2v) is 9.02. The monoisotopic (exact) mass is 436 g/mol. The molecule has 7 nitrogen and oxygen atoms in total. The third kappa shape index (κ3) is 3.31. The first-order valence-corrected chi connectivity index (χ1v) is 11.3. The van der Waals surface area contributed by atoms with Crippen LogP contribution in [0.25, 0.3) is 15.7 Å². The number of ether oxygens (including phenoxy) is 1. The molecule has 0 aliphatic heterocycles. The van der Waals surface area contributed by atoms with Crippen LogP contribution in [0.3, 0.4) is 0 Å². The van der Waals surface area contributed by atoms with Crippen molar-refractivity contribution in [2.24, 2.45) is 0 Å². The summed E-state index contributed by atoms with van der Waals surface area (Å²) >= 11 is 1.57. The fourth-order valence-electron chi connectivity index (χ4n) is 4.73. The normalized spacial score (nSPS) is 15.5. The van der Waals surface area contributed by atoms with Crippen LogP contribution in [0, 0.1) is 6.92 Å². The number of carbonyl (C=O) groups is 1. The predicted octanol–water partition coefficient (Wildman–Crippen LogP) is 3.61. The minimum Gasteiger partial charge on any atom is -0.497 e. The number of fused-ring (bicyclic) bond motifs is 3. The molecular weight excluding hydrogens is 412 g/mol. The topological polar surface area (TPSA) is 77.6 Å². The Morgan fingerprint density at radius 2 is 2.06 bits per heavy atom. The van der Waals surface area contributed by atoms with E-state index in [2.05, 4.69) is 10.4 Å². The highest BCUT2D eigenvalue weighted by atomic mass is 32.1. The number of rotatable bonds is 5. The summed E-state index contributed by atoms with van der Waals surface area (Å²) in [5.41, 5.74) is 0.888. The van der Waals surface area contributed by atoms with Crippen LogP contribution in [0.5, 0.6) is 5.75 Å². The van der Waals surface area contributed by atoms with Crippen molar-refractivity contribution in [2.45, 2.75) is 44.7 Å². The Labute approximate surface area is 183 Å². The Balaban J connectivity index is 1.46. The summed E-state index contributed by atoms with van der Waals surface area (Å²) in [7, 11) is 1.64. The Morgan fingerprint density at radius 1 is 1.26 bits per heavy atom. The summed E-state index contributed by atoms with van der Waals surface area (Å²) in [6.07, 6.45) is 3.81. The van der Waals surface area contributed by atoms with Crippen LogP contribution in [0.15, 0.2) is 46.6 Å². The number of nitrogens with zero attached hydrogens (tertiary/aromatic N) is 3. The Kier molecular flexibility index (Phi) is 4.81. The molecule has 1 aromatic carbocycles. The van der Waals surface area contributed by atoms with Gasteiger partial charge in [0.05, 0.1) is 12.6 Å². The van der Waals surface area contributed by atoms with Crippen molar-refractivity contribution in [3.8, 4) is 5.75 Å². The molecule has 0 unspecified atom stereocenters. The summed E-state index contributed by atoms with van der Waals surface area (Å²) in [5.74, 6) is 1.24. The molecule has 31 heavy (non-hydrogen) atoms. The quantitative estimate of drug-likeness (QED) is 0.518. The zero-order chi connectivity index (χ0) is 21.6. The maximum atomic E-state index is 13.1. The molecule has 1 aliphatic rings. The maximum absolute atomic E-state index is 13.1. The van der Waals surface area contributed by atoms with Gasteiger partial charge in [-0.3, -0.25) is 14.0 Å². The predicted molar refractivity (Wildman–Crippen MR) is 121 cm³/mol. The van der Waals surface area contributed by atoms with E-state index in [0.29, 0.717) is 11.3 Å². The Hall–Kier alpha value is -3.13. The zero-order valence-electron chi connectivity index (χ0n) is 17.6. The van der Waals surface area contributed by atoms with Gasteiger partial charge in [0.2, 0.25) is 5.91 Å². The van der Waals surface area contributed by atoms with Gasteiger partial charge in [-0.25, -0.2) is 4.68 Å². The van der Waals surface area contributed by atoms with Crippen LogP contribution in [0.2, 0.25) is 0 Å². The second-order valence-electron chi connectivity index (χ2n) is 8.13. The first-order valence-electron chi connectivity index (χ1n) is 10.4. The van der Waals surface area contributed by atoms with E-state index in [1.807, 2.05) is 53.1 Å². The van der Waals surface area contributed by atoms with E-state index in [9.17, 15) is 9.59 Å². The van der Waals surface area contributed by atoms with E-state index >= 15 is 0 Å². The minimum atomic E-state index is -0.438. The standard InChI is InChI=1S/C23H24N4O3S/c1-15-25-26(21(29)19-12-16-8-11-31-22(16)27(15)19)14-20(28)24-23(9-3-4-10-23)17-6-5-7-18(13-17)30-2/h5-8,11-13H,3-4,9-10,14H2,1-2H3,(H,24,28). The van der Waals surface area contributed by atoms with Crippen molar-refractivity contribution in [1.29, 1.82) is 0 Å². The van der Waals surface area contributed by atoms with Crippen LogP contribution in [-0.2, 0) is 16.9 Å².